The third-order valence-corrected chi connectivity index (χ3v) is 3.97. The maximum absolute atomic E-state index is 11.5. The molecule has 0 saturated heterocycles. The van der Waals surface area contributed by atoms with Crippen LogP contribution in [-0.2, 0) is 13.7 Å². The molecular weight excluding hydrogens is 430 g/mol. The van der Waals surface area contributed by atoms with E-state index in [0.29, 0.717) is 31.2 Å². The fourth-order valence-electron chi connectivity index (χ4n) is 1.93. The molecule has 142 valence electrons. The van der Waals surface area contributed by atoms with Gasteiger partial charge in [-0.05, 0) is 63.0 Å². The molecule has 1 rings (SSSR count). The maximum atomic E-state index is 11.5. The second-order valence-electron chi connectivity index (χ2n) is 6.31. The summed E-state index contributed by atoms with van der Waals surface area (Å²) in [5.41, 5.74) is 0.453. The van der Waals surface area contributed by atoms with Crippen LogP contribution in [0.15, 0.2) is 22.7 Å². The Balaban J connectivity index is 2.33. The zero-order valence-electron chi connectivity index (χ0n) is 14.9. The summed E-state index contributed by atoms with van der Waals surface area (Å²) < 4.78 is 17.4. The van der Waals surface area contributed by atoms with Crippen molar-refractivity contribution in [2.75, 3.05) is 26.0 Å². The van der Waals surface area contributed by atoms with Crippen LogP contribution in [0.5, 0.6) is 0 Å². The van der Waals surface area contributed by atoms with Crippen molar-refractivity contribution in [3.63, 3.8) is 0 Å². The van der Waals surface area contributed by atoms with E-state index >= 15 is 0 Å². The van der Waals surface area contributed by atoms with Gasteiger partial charge in [0.25, 0.3) is 0 Å². The number of hydrogen-bond donors (Lipinski definition) is 1. The van der Waals surface area contributed by atoms with Gasteiger partial charge in [-0.1, -0.05) is 27.5 Å². The van der Waals surface area contributed by atoms with Crippen molar-refractivity contribution in [3.8, 4) is 0 Å². The van der Waals surface area contributed by atoms with Crippen molar-refractivity contribution in [1.82, 2.24) is 5.32 Å². The highest BCUT2D eigenvalue weighted by Gasteiger charge is 2.16. The molecule has 1 aromatic rings. The van der Waals surface area contributed by atoms with E-state index in [9.17, 15) is 4.79 Å². The molecule has 8 heteroatoms. The van der Waals surface area contributed by atoms with Gasteiger partial charge in [-0.3, -0.25) is 0 Å². The molecule has 1 aromatic carbocycles. The number of ether oxygens (including phenoxy) is 2. The first-order valence-corrected chi connectivity index (χ1v) is 10.2. The summed E-state index contributed by atoms with van der Waals surface area (Å²) in [6, 6.07) is 5.64. The summed E-state index contributed by atoms with van der Waals surface area (Å²) in [7, 11) is 0. The molecule has 0 radical (unpaired) electrons. The lowest BCUT2D eigenvalue weighted by Gasteiger charge is -2.20. The Bertz CT molecular complexity index is 534. The predicted octanol–water partition coefficient (Wildman–Crippen LogP) is 5.37. The third kappa shape index (κ3) is 10.3. The Labute approximate surface area is 167 Å². The minimum Gasteiger partial charge on any atom is -0.444 e. The van der Waals surface area contributed by atoms with Crippen LogP contribution in [0, 0.1) is 0 Å². The molecule has 1 unspecified atom stereocenters. The van der Waals surface area contributed by atoms with E-state index in [1.165, 1.54) is 12.0 Å². The molecule has 25 heavy (non-hydrogen) atoms. The van der Waals surface area contributed by atoms with E-state index in [1.54, 1.807) is 0 Å². The highest BCUT2D eigenvalue weighted by molar-refractivity contribution is 9.10. The number of hydrogen-bond acceptors (Lipinski definition) is 5. The van der Waals surface area contributed by atoms with E-state index in [0.717, 1.165) is 10.0 Å². The molecule has 0 bridgehead atoms. The summed E-state index contributed by atoms with van der Waals surface area (Å²) in [5, 5.41) is 3.34. The number of amides is 1. The summed E-state index contributed by atoms with van der Waals surface area (Å²) >= 11 is 10.8. The van der Waals surface area contributed by atoms with Gasteiger partial charge in [0.15, 0.2) is 0 Å². The highest BCUT2D eigenvalue weighted by Crippen LogP contribution is 2.28. The molecule has 0 heterocycles. The predicted molar refractivity (Wildman–Crippen MR) is 106 cm³/mol. The van der Waals surface area contributed by atoms with Crippen molar-refractivity contribution in [2.24, 2.45) is 0 Å². The Morgan fingerprint density at radius 3 is 2.68 bits per heavy atom. The Kier molecular flexibility index (Phi) is 10.2. The number of nitrogens with one attached hydrogen (secondary N) is 1. The highest BCUT2D eigenvalue weighted by atomic mass is 79.9. The molecule has 0 saturated carbocycles. The average Bonchev–Trinajstić information content (AvgIpc) is 2.46. The number of halogens is 2. The lowest BCUT2D eigenvalue weighted by molar-refractivity contribution is 0.0483. The van der Waals surface area contributed by atoms with E-state index in [2.05, 4.69) is 21.2 Å². The summed E-state index contributed by atoms with van der Waals surface area (Å²) in [6.07, 6.45) is 1.91. The van der Waals surface area contributed by atoms with Crippen molar-refractivity contribution < 1.29 is 18.5 Å². The van der Waals surface area contributed by atoms with Crippen molar-refractivity contribution in [3.05, 3.63) is 33.3 Å². The minimum absolute atomic E-state index is 0.219. The maximum Gasteiger partial charge on any atom is 0.407 e. The van der Waals surface area contributed by atoms with E-state index < -0.39 is 11.7 Å². The molecular formula is C17H25BrClNO4S. The van der Waals surface area contributed by atoms with E-state index in [1.807, 2.05) is 45.2 Å². The molecule has 0 aliphatic carbocycles. The standard InChI is InChI=1S/C17H25BrClNO4S/c1-17(2,3)23-16(21)20-6-5-7-22-11-15(24-25-4)12-8-13(18)10-14(19)9-12/h8-10,15H,5-7,11H2,1-4H3,(H,20,21). The summed E-state index contributed by atoms with van der Waals surface area (Å²) in [5.74, 6) is 0. The second-order valence-corrected chi connectivity index (χ2v) is 8.19. The molecule has 1 N–H and O–H groups in total. The molecule has 1 amide bonds. The molecule has 0 fully saturated rings. The second kappa shape index (κ2) is 11.3. The van der Waals surface area contributed by atoms with Gasteiger partial charge in [-0.15, -0.1) is 0 Å². The van der Waals surface area contributed by atoms with Gasteiger partial charge in [-0.25, -0.2) is 4.79 Å². The van der Waals surface area contributed by atoms with Crippen LogP contribution in [0.2, 0.25) is 5.02 Å². The van der Waals surface area contributed by atoms with Crippen LogP contribution in [0.1, 0.15) is 38.9 Å². The summed E-state index contributed by atoms with van der Waals surface area (Å²) in [4.78, 5) is 11.5. The molecule has 0 aromatic heterocycles. The smallest absolute Gasteiger partial charge is 0.407 e. The monoisotopic (exact) mass is 453 g/mol. The van der Waals surface area contributed by atoms with E-state index in [-0.39, 0.29) is 6.10 Å². The van der Waals surface area contributed by atoms with Crippen LogP contribution in [0.25, 0.3) is 0 Å². The first-order valence-electron chi connectivity index (χ1n) is 7.91. The van der Waals surface area contributed by atoms with Crippen LogP contribution in [0.4, 0.5) is 4.79 Å². The fourth-order valence-corrected chi connectivity index (χ4v) is 3.21. The van der Waals surface area contributed by atoms with Gasteiger partial charge in [-0.2, -0.15) is 0 Å². The number of rotatable bonds is 9. The zero-order valence-corrected chi connectivity index (χ0v) is 18.1. The molecule has 5 nitrogen and oxygen atoms in total. The van der Waals surface area contributed by atoms with Gasteiger partial charge in [0.1, 0.15) is 11.7 Å². The largest absolute Gasteiger partial charge is 0.444 e. The molecule has 0 aliphatic heterocycles. The lowest BCUT2D eigenvalue weighted by Crippen LogP contribution is -2.33. The van der Waals surface area contributed by atoms with Crippen LogP contribution in [-0.4, -0.2) is 37.7 Å². The Morgan fingerprint density at radius 1 is 1.36 bits per heavy atom. The number of alkyl carbamates (subject to hydrolysis) is 1. The minimum atomic E-state index is -0.492. The van der Waals surface area contributed by atoms with Crippen molar-refractivity contribution in [1.29, 1.82) is 0 Å². The lowest BCUT2D eigenvalue weighted by atomic mass is 10.1. The first kappa shape index (κ1) is 22.6. The number of carbonyl (C=O) groups excluding carboxylic acids is 1. The first-order chi connectivity index (χ1) is 11.7. The average molecular weight is 455 g/mol. The Hall–Kier alpha value is -0.470. The normalized spacial score (nSPS) is 12.7. The number of benzene rings is 1. The van der Waals surface area contributed by atoms with Gasteiger partial charge >= 0.3 is 6.09 Å². The SMILES string of the molecule is CSOC(COCCCNC(=O)OC(C)(C)C)c1cc(Cl)cc(Br)c1. The van der Waals surface area contributed by atoms with Gasteiger partial charge in [0.2, 0.25) is 0 Å². The van der Waals surface area contributed by atoms with Crippen molar-refractivity contribution >= 4 is 45.7 Å². The quantitative estimate of drug-likeness (QED) is 0.401. The molecule has 0 spiro atoms. The van der Waals surface area contributed by atoms with Gasteiger partial charge in [0.05, 0.1) is 6.61 Å². The number of carbonyl (C=O) groups is 1. The third-order valence-electron chi connectivity index (χ3n) is 2.87. The zero-order chi connectivity index (χ0) is 18.9. The van der Waals surface area contributed by atoms with E-state index in [4.69, 9.17) is 25.3 Å². The topological polar surface area (TPSA) is 56.8 Å². The summed E-state index contributed by atoms with van der Waals surface area (Å²) in [6.45, 7) is 6.89. The van der Waals surface area contributed by atoms with Gasteiger partial charge in [0, 0.05) is 28.9 Å². The fraction of sp³-hybridized carbons (Fsp3) is 0.588. The molecule has 0 aliphatic rings. The van der Waals surface area contributed by atoms with Crippen LogP contribution < -0.4 is 5.32 Å². The Morgan fingerprint density at radius 2 is 2.08 bits per heavy atom. The van der Waals surface area contributed by atoms with Gasteiger partial charge < -0.3 is 19.0 Å². The van der Waals surface area contributed by atoms with Crippen LogP contribution in [0.3, 0.4) is 0 Å². The van der Waals surface area contributed by atoms with Crippen LogP contribution >= 0.6 is 39.6 Å². The molecule has 1 atom stereocenters. The van der Waals surface area contributed by atoms with Crippen molar-refractivity contribution in [2.45, 2.75) is 38.9 Å².